The molecule has 590 valence electrons. The number of anilines is 2. The molecule has 2 aliphatic heterocycles. The Labute approximate surface area is 664 Å². The number of nitrogen functional groups attached to an aromatic ring is 2. The van der Waals surface area contributed by atoms with Crippen molar-refractivity contribution in [3.05, 3.63) is 112 Å². The van der Waals surface area contributed by atoms with Crippen molar-refractivity contribution < 1.29 is 97.5 Å². The third-order valence-electron chi connectivity index (χ3n) is 14.8. The summed E-state index contributed by atoms with van der Waals surface area (Å²) in [5, 5.41) is 10.8. The zero-order valence-electron chi connectivity index (χ0n) is 61.7. The molecule has 0 spiro atoms. The van der Waals surface area contributed by atoms with Crippen LogP contribution in [0.5, 0.6) is 5.75 Å². The fourth-order valence-corrected chi connectivity index (χ4v) is 15.5. The van der Waals surface area contributed by atoms with E-state index >= 15 is 0 Å². The van der Waals surface area contributed by atoms with E-state index in [9.17, 15) is 59.4 Å². The summed E-state index contributed by atoms with van der Waals surface area (Å²) in [6, 6.07) is 17.6. The van der Waals surface area contributed by atoms with Crippen LogP contribution in [-0.2, 0) is 57.9 Å². The van der Waals surface area contributed by atoms with Gasteiger partial charge in [0.1, 0.15) is 78.9 Å². The second-order valence-corrected chi connectivity index (χ2v) is 34.1. The van der Waals surface area contributed by atoms with Crippen molar-refractivity contribution in [2.45, 2.75) is 117 Å². The molecule has 1 fully saturated rings. The number of Topliss-reactive ketones (excluding diaryl/α,β-unsaturated/α-hetero) is 1. The van der Waals surface area contributed by atoms with Gasteiger partial charge in [-0.25, -0.2) is 21.6 Å². The number of ether oxygens (including phenoxy) is 5. The van der Waals surface area contributed by atoms with Crippen LogP contribution in [0, 0.1) is 94.7 Å². The zero-order chi connectivity index (χ0) is 82.2. The molecule has 6 atom stereocenters. The zero-order valence-corrected chi connectivity index (χ0v) is 67.5. The predicted molar refractivity (Wildman–Crippen MR) is 422 cm³/mol. The molecule has 1 saturated heterocycles. The van der Waals surface area contributed by atoms with E-state index in [1.807, 2.05) is 27.0 Å². The van der Waals surface area contributed by atoms with Gasteiger partial charge in [-0.1, -0.05) is 112 Å². The molecule has 3 aromatic carbocycles. The molecule has 36 heteroatoms. The number of nitrogens with zero attached hydrogens (tertiary/aromatic N) is 3. The number of fused-ring (bicyclic) bond motifs is 2. The van der Waals surface area contributed by atoms with Crippen LogP contribution in [0.3, 0.4) is 0 Å². The van der Waals surface area contributed by atoms with Crippen LogP contribution in [0.2, 0.25) is 0 Å². The van der Waals surface area contributed by atoms with Gasteiger partial charge in [-0.15, -0.1) is 0 Å². The van der Waals surface area contributed by atoms with E-state index in [0.717, 1.165) is 16.7 Å². The SMILES string of the molecule is CC#CC#CC#CC#CC#CC#CC#CC.CSS[C@@H](C)OC1C[C@H](n2cc(C#CCNC(=O)COCCOC(COc3cccc(C(=O)NCCCC(=O)CCCN(C)C(=O)c4ccccc4-c4c5ccc(=[NH2+])c(S(=O)(=O)[O-])c-5oc5c(S(=O)(=O)[O-])c(N)ccc45)c3)SSC(C)(C)C)c(N)nc2=O)O[C@@H]1COP(=O)([O-])O. The maximum absolute atomic E-state index is 14.2. The lowest BCUT2D eigenvalue weighted by atomic mass is 9.90. The molecule has 0 saturated carbocycles. The van der Waals surface area contributed by atoms with Gasteiger partial charge in [-0.3, -0.25) is 33.7 Å². The number of phosphoric acid groups is 1. The summed E-state index contributed by atoms with van der Waals surface area (Å²) in [7, 11) is -8.48. The van der Waals surface area contributed by atoms with Gasteiger partial charge < -0.3 is 78.5 Å². The van der Waals surface area contributed by atoms with Crippen LogP contribution < -0.4 is 48.2 Å². The van der Waals surface area contributed by atoms with Crippen LogP contribution in [0.15, 0.2) is 98.0 Å². The minimum absolute atomic E-state index is 0.0347. The minimum Gasteiger partial charge on any atom is -0.756 e. The van der Waals surface area contributed by atoms with E-state index in [-0.39, 0.29) is 127 Å². The van der Waals surface area contributed by atoms with Gasteiger partial charge in [0.05, 0.1) is 43.7 Å². The summed E-state index contributed by atoms with van der Waals surface area (Å²) >= 11 is 0. The third kappa shape index (κ3) is 29.8. The van der Waals surface area contributed by atoms with Crippen LogP contribution in [0.25, 0.3) is 33.4 Å². The van der Waals surface area contributed by atoms with E-state index in [0.29, 0.717) is 17.7 Å². The maximum atomic E-state index is 14.2. The van der Waals surface area contributed by atoms with E-state index in [1.165, 1.54) is 74.8 Å². The van der Waals surface area contributed by atoms with Crippen LogP contribution in [0.1, 0.15) is 106 Å². The Morgan fingerprint density at radius 2 is 1.51 bits per heavy atom. The largest absolute Gasteiger partial charge is 0.756 e. The van der Waals surface area contributed by atoms with E-state index < -0.39 is 114 Å². The van der Waals surface area contributed by atoms with Gasteiger partial charge in [0, 0.05) is 84.0 Å². The normalized spacial score (nSPS) is 14.5. The van der Waals surface area contributed by atoms with Gasteiger partial charge in [0.15, 0.2) is 16.2 Å². The molecule has 0 radical (unpaired) electrons. The maximum Gasteiger partial charge on any atom is 0.351 e. The summed E-state index contributed by atoms with van der Waals surface area (Å²) in [6.45, 7) is 10.8. The Bertz CT molecular complexity index is 5320. The number of ketones is 1. The minimum atomic E-state index is -5.38. The lowest BCUT2D eigenvalue weighted by Crippen LogP contribution is -2.47. The van der Waals surface area contributed by atoms with Crippen molar-refractivity contribution >= 4 is 117 Å². The topological polar surface area (TPSA) is 451 Å². The van der Waals surface area contributed by atoms with Crippen molar-refractivity contribution in [2.75, 3.05) is 77.4 Å². The first-order valence-corrected chi connectivity index (χ1v) is 42.7. The second kappa shape index (κ2) is 44.6. The number of hydrogen-bond donors (Lipinski definition) is 6. The number of carbonyl (C=O) groups is 4. The number of nitrogens with one attached hydrogen (secondary N) is 2. The Balaban J connectivity index is 0.00000109. The van der Waals surface area contributed by atoms with Crippen LogP contribution in [-0.4, -0.2) is 163 Å². The van der Waals surface area contributed by atoms with Crippen molar-refractivity contribution in [3.63, 3.8) is 0 Å². The summed E-state index contributed by atoms with van der Waals surface area (Å²) < 4.78 is 128. The fraction of sp³-hybridized carbons (Fsp3) is 0.355. The van der Waals surface area contributed by atoms with E-state index in [2.05, 4.69) is 115 Å². The molecule has 7 rings (SSSR count). The Morgan fingerprint density at radius 3 is 2.14 bits per heavy atom. The molecule has 1 aromatic heterocycles. The number of amides is 3. The summed E-state index contributed by atoms with van der Waals surface area (Å²) in [4.78, 5) is 89.7. The highest BCUT2D eigenvalue weighted by atomic mass is 33.1. The average Bonchev–Trinajstić information content (AvgIpc) is 0.808. The quantitative estimate of drug-likeness (QED) is 0.00476. The summed E-state index contributed by atoms with van der Waals surface area (Å²) in [5.74, 6) is 39.1. The number of benzene rings is 4. The monoisotopic (exact) mass is 1660 g/mol. The molecule has 3 heterocycles. The molecule has 3 unspecified atom stereocenters. The number of rotatable bonds is 33. The third-order valence-corrected chi connectivity index (χ3v) is 22.6. The first-order chi connectivity index (χ1) is 53.1. The summed E-state index contributed by atoms with van der Waals surface area (Å²) in [5.41, 5.74) is 9.75. The summed E-state index contributed by atoms with van der Waals surface area (Å²) in [6.07, 6.45) is 1.39. The standard InChI is InChI=1S/C60H73N8O21PS6.C16H6/c1-35(92-91-6)87-46-30-49(88-47(46)32-86-90(74,75)76)68-31-37(56(63)66-59(68)73)14-10-24-64-48(70)33-83-27-28-84-50(93-94-60(2,3)4)34-85-39-17-9-13-36(29-39)57(71)65-25-11-15-38(69)16-12-26-67(5)58(72)41-19-8-7-18-40(41)51-42-20-22-44(61)54(95(77,78)79)52(42)89-53-43(51)21-23-45(62)55(53)96(80,81)82;1-3-5-7-9-11-13-15-16-14-12-10-8-6-4-2/h7-9,13,17-23,29,31,35,46-47,49-50,61H,11-12,15-16,24-28,30,32-34,62H2,1-6H3,(H,64,70)(H,65,71)(H2,63,66,73)(H2,74,75,76)(H,77,78,79)(H,80,81,82);1-2H3/p-2/t35-,46?,47+,49+,50?;/m0./s1. The first-order valence-electron chi connectivity index (χ1n) is 33.5. The highest BCUT2D eigenvalue weighted by Crippen LogP contribution is 2.46. The van der Waals surface area contributed by atoms with Gasteiger partial charge in [0.2, 0.25) is 11.3 Å². The Hall–Kier alpha value is -9.64. The van der Waals surface area contributed by atoms with Gasteiger partial charge in [-0.2, -0.15) is 4.98 Å². The molecule has 112 heavy (non-hydrogen) atoms. The smallest absolute Gasteiger partial charge is 0.351 e. The molecule has 0 bridgehead atoms. The molecule has 9 N–H and O–H groups in total. The van der Waals surface area contributed by atoms with Crippen LogP contribution in [0.4, 0.5) is 11.5 Å². The molecule has 1 aliphatic carbocycles. The molecule has 29 nitrogen and oxygen atoms in total. The van der Waals surface area contributed by atoms with Gasteiger partial charge >= 0.3 is 5.69 Å². The van der Waals surface area contributed by atoms with Crippen molar-refractivity contribution in [1.82, 2.24) is 25.1 Å². The lowest BCUT2D eigenvalue weighted by molar-refractivity contribution is -0.223. The highest BCUT2D eigenvalue weighted by molar-refractivity contribution is 8.77. The van der Waals surface area contributed by atoms with Crippen LogP contribution >= 0.6 is 51.0 Å². The highest BCUT2D eigenvalue weighted by Gasteiger charge is 2.40. The van der Waals surface area contributed by atoms with Gasteiger partial charge in [-0.05, 0) is 159 Å². The Kier molecular flexibility index (Phi) is 36.3. The number of carbonyl (C=O) groups excluding carboxylic acids is 4. The van der Waals surface area contributed by atoms with Crippen molar-refractivity contribution in [2.24, 2.45) is 0 Å². The molecule has 3 aliphatic rings. The fourth-order valence-electron chi connectivity index (χ4n) is 10.1. The van der Waals surface area contributed by atoms with E-state index in [4.69, 9.17) is 49.9 Å². The van der Waals surface area contributed by atoms with Gasteiger partial charge in [0.25, 0.3) is 19.6 Å². The molecular formula is C76H77N8O21PS6-2. The van der Waals surface area contributed by atoms with Crippen molar-refractivity contribution in [3.8, 4) is 123 Å². The number of aromatic nitrogens is 2. The Morgan fingerprint density at radius 1 is 0.857 bits per heavy atom. The predicted octanol–water partition coefficient (Wildman–Crippen LogP) is 4.67. The second-order valence-electron chi connectivity index (χ2n) is 24.3. The molecule has 3 amide bonds. The lowest BCUT2D eigenvalue weighted by Gasteiger charge is -2.24. The average molecular weight is 1660 g/mol. The van der Waals surface area contributed by atoms with E-state index in [1.54, 1.807) is 68.0 Å². The number of nitrogens with two attached hydrogens (primary N) is 3. The number of hydrogen-bond acceptors (Lipinski definition) is 27. The van der Waals surface area contributed by atoms with Crippen molar-refractivity contribution in [1.29, 1.82) is 0 Å². The number of phosphoric ester groups is 1. The molecule has 4 aromatic rings. The molecular weight excluding hydrogens is 1580 g/mol. The first kappa shape index (κ1) is 91.2.